The minimum Gasteiger partial charge on any atom is -0.320 e. The molecular formula is C17H2F35O3P. The molecule has 0 aromatic rings. The van der Waals surface area contributed by atoms with Gasteiger partial charge in [0.05, 0.1) is 0 Å². The number of hydrogen-bond acceptors (Lipinski definition) is 1. The Balaban J connectivity index is 7.86. The van der Waals surface area contributed by atoms with Crippen molar-refractivity contribution in [2.24, 2.45) is 0 Å². The van der Waals surface area contributed by atoms with Crippen LogP contribution in [0.25, 0.3) is 0 Å². The molecule has 0 aromatic carbocycles. The Morgan fingerprint density at radius 1 is 0.214 bits per heavy atom. The van der Waals surface area contributed by atoms with E-state index in [9.17, 15) is 158 Å². The number of hydrogen-bond donors (Lipinski definition) is 2. The summed E-state index contributed by atoms with van der Waals surface area (Å²) in [4.78, 5) is 15.7. The smallest absolute Gasteiger partial charge is 0.320 e. The summed E-state index contributed by atoms with van der Waals surface area (Å²) >= 11 is 0. The zero-order valence-electron chi connectivity index (χ0n) is 23.5. The molecule has 56 heavy (non-hydrogen) atoms. The van der Waals surface area contributed by atoms with Crippen LogP contribution in [0.5, 0.6) is 0 Å². The first-order valence-corrected chi connectivity index (χ1v) is 13.0. The van der Waals surface area contributed by atoms with E-state index in [2.05, 4.69) is 0 Å². The van der Waals surface area contributed by atoms with Gasteiger partial charge < -0.3 is 9.79 Å². The van der Waals surface area contributed by atoms with Gasteiger partial charge in [0.1, 0.15) is 0 Å². The van der Waals surface area contributed by atoms with E-state index in [0.717, 1.165) is 0 Å². The van der Waals surface area contributed by atoms with Crippen LogP contribution < -0.4 is 0 Å². The lowest BCUT2D eigenvalue weighted by Crippen LogP contribution is -2.80. The molecule has 0 bridgehead atoms. The molecule has 0 amide bonds. The molecule has 0 radical (unpaired) electrons. The molecule has 0 heterocycles. The molecular weight excluding hydrogens is 948 g/mol. The fourth-order valence-electron chi connectivity index (χ4n) is 3.11. The van der Waals surface area contributed by atoms with Crippen LogP contribution >= 0.6 is 7.60 Å². The summed E-state index contributed by atoms with van der Waals surface area (Å²) in [5.41, 5.74) is -8.33. The second kappa shape index (κ2) is 12.6. The van der Waals surface area contributed by atoms with Crippen molar-refractivity contribution in [1.29, 1.82) is 0 Å². The van der Waals surface area contributed by atoms with Crippen LogP contribution in [0.15, 0.2) is 0 Å². The second-order valence-corrected chi connectivity index (χ2v) is 11.8. The lowest BCUT2D eigenvalue weighted by Gasteiger charge is -2.47. The fraction of sp³-hybridized carbons (Fsp3) is 1.00. The van der Waals surface area contributed by atoms with E-state index in [1.165, 1.54) is 0 Å². The maximum absolute atomic E-state index is 13.8. The van der Waals surface area contributed by atoms with E-state index in [-0.39, 0.29) is 0 Å². The molecule has 0 saturated heterocycles. The first-order chi connectivity index (χ1) is 23.2. The maximum atomic E-state index is 13.8. The third-order valence-corrected chi connectivity index (χ3v) is 7.63. The molecule has 338 valence electrons. The van der Waals surface area contributed by atoms with Crippen LogP contribution in [-0.2, 0) is 4.57 Å². The summed E-state index contributed by atoms with van der Waals surface area (Å²) in [5, 5.41) is 0. The highest BCUT2D eigenvalue weighted by Gasteiger charge is 3.02. The van der Waals surface area contributed by atoms with Crippen LogP contribution in [0.1, 0.15) is 0 Å². The highest BCUT2D eigenvalue weighted by molar-refractivity contribution is 7.53. The van der Waals surface area contributed by atoms with Crippen LogP contribution in [0.3, 0.4) is 0 Å². The van der Waals surface area contributed by atoms with E-state index in [1.807, 2.05) is 0 Å². The summed E-state index contributed by atoms with van der Waals surface area (Å²) in [6.45, 7) is 0. The minimum absolute atomic E-state index is 7.87. The monoisotopic (exact) mass is 950 g/mol. The molecule has 0 aromatic heterocycles. The first-order valence-electron chi connectivity index (χ1n) is 11.4. The van der Waals surface area contributed by atoms with Crippen LogP contribution in [0.2, 0.25) is 0 Å². The summed E-state index contributed by atoms with van der Waals surface area (Å²) in [6.07, 6.45) is -8.46. The summed E-state index contributed by atoms with van der Waals surface area (Å²) in [7, 11) is -8.57. The van der Waals surface area contributed by atoms with Crippen molar-refractivity contribution >= 4 is 7.60 Å². The van der Waals surface area contributed by atoms with Crippen LogP contribution in [0.4, 0.5) is 154 Å². The van der Waals surface area contributed by atoms with Crippen molar-refractivity contribution in [3.8, 4) is 0 Å². The van der Waals surface area contributed by atoms with E-state index >= 15 is 0 Å². The fourth-order valence-corrected chi connectivity index (χ4v) is 3.62. The SMILES string of the molecule is O=P(O)(O)C(F)(F)C(F)(F)C(F)(F)C(F)(F)C(F)(F)C(F)(F)C(F)(F)C(F)(F)C(F)(F)C(F)(F)C(F)(F)C(F)(F)C(F)(F)C(F)(F)C(F)(F)C(F)(F)C(F)(F)F. The van der Waals surface area contributed by atoms with Gasteiger partial charge in [-0.3, -0.25) is 4.57 Å². The van der Waals surface area contributed by atoms with Gasteiger partial charge in [0.15, 0.2) is 0 Å². The molecule has 0 spiro atoms. The highest BCUT2D eigenvalue weighted by Crippen LogP contribution is 2.72. The lowest BCUT2D eigenvalue weighted by atomic mass is 9.82. The molecule has 2 N–H and O–H groups in total. The van der Waals surface area contributed by atoms with Crippen molar-refractivity contribution in [2.75, 3.05) is 0 Å². The maximum Gasteiger partial charge on any atom is 0.460 e. The normalized spacial score (nSPS) is 17.4. The highest BCUT2D eigenvalue weighted by atomic mass is 31.2. The molecule has 0 aliphatic carbocycles. The number of rotatable bonds is 16. The summed E-state index contributed by atoms with van der Waals surface area (Å²) in [5.74, 6) is -149. The Labute approximate surface area is 277 Å². The molecule has 3 nitrogen and oxygen atoms in total. The lowest BCUT2D eigenvalue weighted by molar-refractivity contribution is -0.492. The van der Waals surface area contributed by atoms with Crippen molar-refractivity contribution in [3.05, 3.63) is 0 Å². The minimum atomic E-state index is -10.4. The predicted molar refractivity (Wildman–Crippen MR) is 97.3 cm³/mol. The van der Waals surface area contributed by atoms with E-state index in [0.29, 0.717) is 0 Å². The molecule has 39 heteroatoms. The van der Waals surface area contributed by atoms with Crippen LogP contribution in [0, 0.1) is 0 Å². The average molecular weight is 950 g/mol. The zero-order chi connectivity index (χ0) is 47.0. The van der Waals surface area contributed by atoms with Crippen molar-refractivity contribution in [3.63, 3.8) is 0 Å². The van der Waals surface area contributed by atoms with Crippen molar-refractivity contribution < 1.29 is 168 Å². The molecule has 0 aliphatic rings. The first kappa shape index (κ1) is 53.7. The molecule has 0 saturated carbocycles. The van der Waals surface area contributed by atoms with E-state index in [4.69, 9.17) is 9.79 Å². The van der Waals surface area contributed by atoms with Crippen molar-refractivity contribution in [1.82, 2.24) is 0 Å². The Bertz CT molecular complexity index is 1510. The Morgan fingerprint density at radius 2 is 0.321 bits per heavy atom. The van der Waals surface area contributed by atoms with Gasteiger partial charge >= 0.3 is 108 Å². The number of alkyl halides is 35. The molecule has 0 rings (SSSR count). The van der Waals surface area contributed by atoms with Gasteiger partial charge in [-0.1, -0.05) is 0 Å². The van der Waals surface area contributed by atoms with E-state index < -0.39 is 108 Å². The van der Waals surface area contributed by atoms with Gasteiger partial charge in [-0.15, -0.1) is 0 Å². The van der Waals surface area contributed by atoms with Crippen LogP contribution in [-0.4, -0.2) is 110 Å². The van der Waals surface area contributed by atoms with Gasteiger partial charge in [0, 0.05) is 0 Å². The van der Waals surface area contributed by atoms with E-state index in [1.54, 1.807) is 0 Å². The Kier molecular flexibility index (Phi) is 12.1. The predicted octanol–water partition coefficient (Wildman–Crippen LogP) is 10.8. The topological polar surface area (TPSA) is 57.5 Å². The van der Waals surface area contributed by atoms with Gasteiger partial charge in [-0.2, -0.15) is 154 Å². The summed E-state index contributed by atoms with van der Waals surface area (Å²) < 4.78 is 480. The van der Waals surface area contributed by atoms with Gasteiger partial charge in [0.2, 0.25) is 0 Å². The molecule has 0 fully saturated rings. The molecule has 0 atom stereocenters. The van der Waals surface area contributed by atoms with Gasteiger partial charge in [-0.25, -0.2) is 0 Å². The Hall–Kier alpha value is -2.30. The standard InChI is InChI=1S/C17H2F35O3P/c18-1(19,2(20,21)4(24,25)6(28,29)8(32,33)10(36,37)12(40,41)14(44,45)16(48,49)50)3(22,23)5(26,27)7(30,31)9(34,35)11(38,39)13(42,43)15(46,47)17(51,52)56(53,54)55/h(H2,53,54,55). The third-order valence-electron chi connectivity index (χ3n) is 6.62. The van der Waals surface area contributed by atoms with Crippen molar-refractivity contribution in [2.45, 2.75) is 101 Å². The second-order valence-electron chi connectivity index (χ2n) is 10.2. The van der Waals surface area contributed by atoms with Gasteiger partial charge in [0.25, 0.3) is 0 Å². The third kappa shape index (κ3) is 5.85. The zero-order valence-corrected chi connectivity index (χ0v) is 24.4. The number of halogens is 35. The molecule has 0 unspecified atom stereocenters. The largest absolute Gasteiger partial charge is 0.460 e. The Morgan fingerprint density at radius 3 is 0.429 bits per heavy atom. The quantitative estimate of drug-likeness (QED) is 0.120. The van der Waals surface area contributed by atoms with Gasteiger partial charge in [-0.05, 0) is 0 Å². The summed E-state index contributed by atoms with van der Waals surface area (Å²) in [6, 6.07) is 0. The average Bonchev–Trinajstić information content (AvgIpc) is 2.94. The molecule has 0 aliphatic heterocycles.